The van der Waals surface area contributed by atoms with Crippen molar-refractivity contribution in [3.63, 3.8) is 0 Å². The van der Waals surface area contributed by atoms with Gasteiger partial charge in [0.25, 0.3) is 0 Å². The average molecular weight is 347 g/mol. The van der Waals surface area contributed by atoms with E-state index in [1.165, 1.54) is 18.1 Å². The number of carbonyl (C=O) groups is 1. The Morgan fingerprint density at radius 3 is 2.68 bits per heavy atom. The standard InChI is InChI=1S/C22H34O3/c1-13(2)20(24)12-9-15(4)19-11-7-14(3)18-10-8-16(5)21(18)22(19)25-17(6)23/h8,15,18-22,24H,1,3,7,9-12H2,2,4-6H3. The number of hydrogen-bond acceptors (Lipinski definition) is 3. The second kappa shape index (κ2) is 8.35. The summed E-state index contributed by atoms with van der Waals surface area (Å²) in [6, 6.07) is 0. The van der Waals surface area contributed by atoms with Crippen molar-refractivity contribution in [3.8, 4) is 0 Å². The molecular formula is C22H34O3. The molecule has 0 bridgehead atoms. The fraction of sp³-hybridized carbons (Fsp3) is 0.682. The van der Waals surface area contributed by atoms with E-state index in [9.17, 15) is 9.90 Å². The van der Waals surface area contributed by atoms with Gasteiger partial charge < -0.3 is 9.84 Å². The van der Waals surface area contributed by atoms with E-state index in [0.717, 1.165) is 31.3 Å². The van der Waals surface area contributed by atoms with Gasteiger partial charge in [-0.2, -0.15) is 0 Å². The van der Waals surface area contributed by atoms with Crippen LogP contribution >= 0.6 is 0 Å². The molecule has 0 saturated heterocycles. The number of hydrogen-bond donors (Lipinski definition) is 1. The Morgan fingerprint density at radius 1 is 1.40 bits per heavy atom. The molecule has 2 aliphatic rings. The topological polar surface area (TPSA) is 46.5 Å². The highest BCUT2D eigenvalue weighted by Crippen LogP contribution is 2.48. The molecule has 6 atom stereocenters. The fourth-order valence-electron chi connectivity index (χ4n) is 4.63. The zero-order valence-corrected chi connectivity index (χ0v) is 16.3. The lowest BCUT2D eigenvalue weighted by Gasteiger charge is -2.36. The smallest absolute Gasteiger partial charge is 0.302 e. The molecule has 0 aromatic rings. The molecule has 140 valence electrons. The molecule has 0 aromatic heterocycles. The molecule has 2 rings (SSSR count). The number of fused-ring (bicyclic) bond motifs is 1. The van der Waals surface area contributed by atoms with E-state index in [-0.39, 0.29) is 18.0 Å². The third-order valence-electron chi connectivity index (χ3n) is 6.25. The summed E-state index contributed by atoms with van der Waals surface area (Å²) in [6.45, 7) is 15.9. The van der Waals surface area contributed by atoms with E-state index in [0.29, 0.717) is 24.2 Å². The van der Waals surface area contributed by atoms with E-state index in [1.807, 2.05) is 6.92 Å². The maximum absolute atomic E-state index is 11.8. The first-order valence-electron chi connectivity index (χ1n) is 9.57. The van der Waals surface area contributed by atoms with Crippen molar-refractivity contribution in [2.75, 3.05) is 0 Å². The van der Waals surface area contributed by atoms with Gasteiger partial charge >= 0.3 is 5.97 Å². The number of esters is 1. The van der Waals surface area contributed by atoms with Crippen molar-refractivity contribution < 1.29 is 14.6 Å². The monoisotopic (exact) mass is 346 g/mol. The highest BCUT2D eigenvalue weighted by atomic mass is 16.5. The number of rotatable bonds is 6. The minimum atomic E-state index is -0.448. The first-order chi connectivity index (χ1) is 11.7. The van der Waals surface area contributed by atoms with Crippen LogP contribution in [0.2, 0.25) is 0 Å². The summed E-state index contributed by atoms with van der Waals surface area (Å²) in [7, 11) is 0. The lowest BCUT2D eigenvalue weighted by atomic mass is 9.75. The van der Waals surface area contributed by atoms with Gasteiger partial charge in [0.2, 0.25) is 0 Å². The summed E-state index contributed by atoms with van der Waals surface area (Å²) in [5.41, 5.74) is 3.44. The van der Waals surface area contributed by atoms with Crippen molar-refractivity contribution in [1.29, 1.82) is 0 Å². The molecule has 3 heteroatoms. The number of carbonyl (C=O) groups excluding carboxylic acids is 1. The van der Waals surface area contributed by atoms with Crippen LogP contribution in [0.3, 0.4) is 0 Å². The van der Waals surface area contributed by atoms with Crippen LogP contribution in [-0.2, 0) is 9.53 Å². The van der Waals surface area contributed by atoms with Crippen molar-refractivity contribution in [1.82, 2.24) is 0 Å². The number of aliphatic hydroxyl groups is 1. The second-order valence-corrected chi connectivity index (χ2v) is 8.17. The van der Waals surface area contributed by atoms with E-state index < -0.39 is 6.10 Å². The van der Waals surface area contributed by atoms with Crippen LogP contribution in [0.15, 0.2) is 36.0 Å². The molecule has 3 nitrogen and oxygen atoms in total. The summed E-state index contributed by atoms with van der Waals surface area (Å²) in [5, 5.41) is 10.1. The van der Waals surface area contributed by atoms with E-state index in [4.69, 9.17) is 4.74 Å². The Balaban J connectivity index is 2.20. The van der Waals surface area contributed by atoms with Gasteiger partial charge in [-0.05, 0) is 63.7 Å². The number of allylic oxidation sites excluding steroid dienone is 2. The molecule has 25 heavy (non-hydrogen) atoms. The second-order valence-electron chi connectivity index (χ2n) is 8.17. The van der Waals surface area contributed by atoms with Crippen molar-refractivity contribution in [3.05, 3.63) is 36.0 Å². The fourth-order valence-corrected chi connectivity index (χ4v) is 4.63. The van der Waals surface area contributed by atoms with E-state index in [1.54, 1.807) is 0 Å². The van der Waals surface area contributed by atoms with Gasteiger partial charge in [0.15, 0.2) is 0 Å². The quantitative estimate of drug-likeness (QED) is 0.554. The van der Waals surface area contributed by atoms with Crippen LogP contribution < -0.4 is 0 Å². The molecule has 0 spiro atoms. The minimum absolute atomic E-state index is 0.0857. The third kappa shape index (κ3) is 4.63. The van der Waals surface area contributed by atoms with Gasteiger partial charge in [0, 0.05) is 12.8 Å². The Labute approximate surface area is 152 Å². The average Bonchev–Trinajstić information content (AvgIpc) is 2.85. The number of ether oxygens (including phenoxy) is 1. The van der Waals surface area contributed by atoms with Crippen molar-refractivity contribution in [2.45, 2.75) is 72.0 Å². The molecule has 0 radical (unpaired) electrons. The van der Waals surface area contributed by atoms with E-state index >= 15 is 0 Å². The lowest BCUT2D eigenvalue weighted by Crippen LogP contribution is -2.38. The predicted octanol–water partition coefficient (Wildman–Crippen LogP) is 4.82. The van der Waals surface area contributed by atoms with Crippen LogP contribution in [0.1, 0.15) is 59.8 Å². The zero-order chi connectivity index (χ0) is 18.7. The molecule has 0 heterocycles. The molecular weight excluding hydrogens is 312 g/mol. The molecule has 6 unspecified atom stereocenters. The first kappa shape index (κ1) is 20.0. The van der Waals surface area contributed by atoms with Crippen molar-refractivity contribution in [2.24, 2.45) is 23.7 Å². The summed E-state index contributed by atoms with van der Waals surface area (Å²) in [5.74, 6) is 1.14. The highest BCUT2D eigenvalue weighted by molar-refractivity contribution is 5.66. The molecule has 0 aliphatic heterocycles. The highest BCUT2D eigenvalue weighted by Gasteiger charge is 2.44. The van der Waals surface area contributed by atoms with Crippen LogP contribution in [0, 0.1) is 23.7 Å². The van der Waals surface area contributed by atoms with Crippen molar-refractivity contribution >= 4 is 5.97 Å². The SMILES string of the molecule is C=C(C)C(O)CCC(C)C1CCC(=C)C2CC=C(C)C2C1OC(C)=O. The van der Waals surface area contributed by atoms with Gasteiger partial charge in [-0.3, -0.25) is 4.79 Å². The predicted molar refractivity (Wildman–Crippen MR) is 102 cm³/mol. The van der Waals surface area contributed by atoms with Gasteiger partial charge in [0.05, 0.1) is 6.10 Å². The molecule has 1 fully saturated rings. The maximum Gasteiger partial charge on any atom is 0.302 e. The van der Waals surface area contributed by atoms with Gasteiger partial charge in [-0.25, -0.2) is 0 Å². The summed E-state index contributed by atoms with van der Waals surface area (Å²) >= 11 is 0. The largest absolute Gasteiger partial charge is 0.462 e. The minimum Gasteiger partial charge on any atom is -0.462 e. The molecule has 1 saturated carbocycles. The zero-order valence-electron chi connectivity index (χ0n) is 16.3. The van der Waals surface area contributed by atoms with Crippen LogP contribution in [0.25, 0.3) is 0 Å². The summed E-state index contributed by atoms with van der Waals surface area (Å²) < 4.78 is 5.89. The molecule has 0 amide bonds. The van der Waals surface area contributed by atoms with Crippen LogP contribution in [-0.4, -0.2) is 23.3 Å². The van der Waals surface area contributed by atoms with Crippen LogP contribution in [0.5, 0.6) is 0 Å². The Kier molecular flexibility index (Phi) is 6.67. The summed E-state index contributed by atoms with van der Waals surface area (Å²) in [4.78, 5) is 11.8. The molecule has 2 aliphatic carbocycles. The van der Waals surface area contributed by atoms with Gasteiger partial charge in [-0.15, -0.1) is 0 Å². The van der Waals surface area contributed by atoms with E-state index in [2.05, 4.69) is 33.1 Å². The lowest BCUT2D eigenvalue weighted by molar-refractivity contribution is -0.153. The third-order valence-corrected chi connectivity index (χ3v) is 6.25. The molecule has 1 N–H and O–H groups in total. The summed E-state index contributed by atoms with van der Waals surface area (Å²) in [6.07, 6.45) is 6.39. The normalized spacial score (nSPS) is 31.6. The number of aliphatic hydroxyl groups excluding tert-OH is 1. The van der Waals surface area contributed by atoms with Gasteiger partial charge in [0.1, 0.15) is 6.10 Å². The Hall–Kier alpha value is -1.35. The molecule has 0 aromatic carbocycles. The van der Waals surface area contributed by atoms with Crippen LogP contribution in [0.4, 0.5) is 0 Å². The Morgan fingerprint density at radius 2 is 2.08 bits per heavy atom. The first-order valence-corrected chi connectivity index (χ1v) is 9.57. The van der Waals surface area contributed by atoms with Gasteiger partial charge in [-0.1, -0.05) is 42.9 Å². The maximum atomic E-state index is 11.8. The Bertz CT molecular complexity index is 560.